The van der Waals surface area contributed by atoms with Gasteiger partial charge < -0.3 is 11.1 Å². The van der Waals surface area contributed by atoms with Crippen LogP contribution >= 0.6 is 11.3 Å². The van der Waals surface area contributed by atoms with Crippen LogP contribution < -0.4 is 11.1 Å². The predicted octanol–water partition coefficient (Wildman–Crippen LogP) is 2.40. The molecule has 0 saturated carbocycles. The molecular formula is C15H25N3OS. The number of aromatic nitrogens is 1. The Balaban J connectivity index is 1.97. The summed E-state index contributed by atoms with van der Waals surface area (Å²) in [7, 11) is 0. The Labute approximate surface area is 125 Å². The highest BCUT2D eigenvalue weighted by Crippen LogP contribution is 2.28. The van der Waals surface area contributed by atoms with Crippen LogP contribution in [0, 0.1) is 5.41 Å². The van der Waals surface area contributed by atoms with Crippen molar-refractivity contribution in [2.24, 2.45) is 11.1 Å². The molecule has 0 aliphatic heterocycles. The summed E-state index contributed by atoms with van der Waals surface area (Å²) in [5, 5.41) is 4.06. The second-order valence-corrected chi connectivity index (χ2v) is 6.73. The SMILES string of the molecule is CCC(CC)(CN)C(=O)NCc1nc2c(s1)CCCC2. The van der Waals surface area contributed by atoms with Gasteiger partial charge in [-0.2, -0.15) is 0 Å². The molecule has 1 amide bonds. The van der Waals surface area contributed by atoms with Crippen molar-refractivity contribution in [3.8, 4) is 0 Å². The van der Waals surface area contributed by atoms with Crippen LogP contribution in [0.2, 0.25) is 0 Å². The van der Waals surface area contributed by atoms with Crippen molar-refractivity contribution in [3.05, 3.63) is 15.6 Å². The summed E-state index contributed by atoms with van der Waals surface area (Å²) in [4.78, 5) is 18.4. The molecule has 0 spiro atoms. The van der Waals surface area contributed by atoms with Gasteiger partial charge in [0, 0.05) is 11.4 Å². The van der Waals surface area contributed by atoms with E-state index in [1.54, 1.807) is 11.3 Å². The molecule has 1 aromatic rings. The largest absolute Gasteiger partial charge is 0.349 e. The first-order valence-corrected chi connectivity index (χ1v) is 8.42. The van der Waals surface area contributed by atoms with Gasteiger partial charge in [0.15, 0.2) is 0 Å². The zero-order chi connectivity index (χ0) is 14.6. The van der Waals surface area contributed by atoms with Crippen molar-refractivity contribution in [1.82, 2.24) is 10.3 Å². The third-order valence-corrected chi connectivity index (χ3v) is 5.67. The molecule has 0 radical (unpaired) electrons. The Hall–Kier alpha value is -0.940. The van der Waals surface area contributed by atoms with Gasteiger partial charge >= 0.3 is 0 Å². The number of nitrogens with zero attached hydrogens (tertiary/aromatic N) is 1. The minimum atomic E-state index is -0.420. The normalized spacial score (nSPS) is 14.9. The Bertz CT molecular complexity index is 434. The fraction of sp³-hybridized carbons (Fsp3) is 0.733. The van der Waals surface area contributed by atoms with Gasteiger partial charge in [0.25, 0.3) is 0 Å². The van der Waals surface area contributed by atoms with Crippen LogP contribution in [0.3, 0.4) is 0 Å². The second-order valence-electron chi connectivity index (χ2n) is 5.56. The van der Waals surface area contributed by atoms with Gasteiger partial charge in [-0.3, -0.25) is 4.79 Å². The maximum atomic E-state index is 12.4. The summed E-state index contributed by atoms with van der Waals surface area (Å²) in [6.07, 6.45) is 6.31. The van der Waals surface area contributed by atoms with Crippen LogP contribution in [0.15, 0.2) is 0 Å². The highest BCUT2D eigenvalue weighted by molar-refractivity contribution is 7.11. The van der Waals surface area contributed by atoms with Crippen molar-refractivity contribution in [1.29, 1.82) is 0 Å². The molecule has 3 N–H and O–H groups in total. The van der Waals surface area contributed by atoms with E-state index < -0.39 is 5.41 Å². The molecule has 5 heteroatoms. The number of thiazole rings is 1. The molecule has 0 unspecified atom stereocenters. The molecule has 0 bridgehead atoms. The Morgan fingerprint density at radius 3 is 2.65 bits per heavy atom. The number of aryl methyl sites for hydroxylation is 2. The Morgan fingerprint density at radius 1 is 1.35 bits per heavy atom. The van der Waals surface area contributed by atoms with Crippen molar-refractivity contribution < 1.29 is 4.79 Å². The number of rotatable bonds is 6. The molecule has 1 aliphatic carbocycles. The zero-order valence-corrected chi connectivity index (χ0v) is 13.3. The summed E-state index contributed by atoms with van der Waals surface area (Å²) in [5.74, 6) is 0.0678. The van der Waals surface area contributed by atoms with Crippen LogP contribution in [-0.2, 0) is 24.2 Å². The number of carbonyl (C=O) groups excluding carboxylic acids is 1. The van der Waals surface area contributed by atoms with Crippen molar-refractivity contribution in [2.45, 2.75) is 58.9 Å². The van der Waals surface area contributed by atoms with E-state index in [1.165, 1.54) is 23.4 Å². The Kier molecular flexibility index (Phi) is 5.16. The van der Waals surface area contributed by atoms with E-state index >= 15 is 0 Å². The van der Waals surface area contributed by atoms with E-state index in [-0.39, 0.29) is 5.91 Å². The summed E-state index contributed by atoms with van der Waals surface area (Å²) in [6.45, 7) is 4.99. The predicted molar refractivity (Wildman–Crippen MR) is 82.7 cm³/mol. The Morgan fingerprint density at radius 2 is 2.05 bits per heavy atom. The number of hydrogen-bond donors (Lipinski definition) is 2. The summed E-state index contributed by atoms with van der Waals surface area (Å²) in [5.41, 5.74) is 6.64. The molecular weight excluding hydrogens is 270 g/mol. The molecule has 0 atom stereocenters. The first kappa shape index (κ1) is 15.4. The van der Waals surface area contributed by atoms with Crippen LogP contribution in [0.4, 0.5) is 0 Å². The minimum absolute atomic E-state index is 0.0678. The van der Waals surface area contributed by atoms with E-state index in [2.05, 4.69) is 10.3 Å². The number of hydrogen-bond acceptors (Lipinski definition) is 4. The lowest BCUT2D eigenvalue weighted by Gasteiger charge is -2.28. The van der Waals surface area contributed by atoms with Crippen LogP contribution in [-0.4, -0.2) is 17.4 Å². The van der Waals surface area contributed by atoms with Gasteiger partial charge in [0.1, 0.15) is 5.01 Å². The molecule has 2 rings (SSSR count). The van der Waals surface area contributed by atoms with E-state index in [9.17, 15) is 4.79 Å². The molecule has 112 valence electrons. The molecule has 0 aromatic carbocycles. The topological polar surface area (TPSA) is 68.0 Å². The lowest BCUT2D eigenvalue weighted by Crippen LogP contribution is -2.45. The van der Waals surface area contributed by atoms with E-state index in [0.29, 0.717) is 13.1 Å². The van der Waals surface area contributed by atoms with Gasteiger partial charge in [-0.25, -0.2) is 4.98 Å². The minimum Gasteiger partial charge on any atom is -0.349 e. The molecule has 20 heavy (non-hydrogen) atoms. The van der Waals surface area contributed by atoms with E-state index in [0.717, 1.165) is 30.7 Å². The lowest BCUT2D eigenvalue weighted by atomic mass is 9.81. The number of nitrogens with one attached hydrogen (secondary N) is 1. The van der Waals surface area contributed by atoms with Gasteiger partial charge in [-0.05, 0) is 38.5 Å². The molecule has 1 heterocycles. The molecule has 4 nitrogen and oxygen atoms in total. The number of amides is 1. The van der Waals surface area contributed by atoms with Gasteiger partial charge in [0.05, 0.1) is 17.7 Å². The molecule has 1 aliphatic rings. The van der Waals surface area contributed by atoms with Crippen molar-refractivity contribution in [2.75, 3.05) is 6.54 Å². The molecule has 0 saturated heterocycles. The van der Waals surface area contributed by atoms with Gasteiger partial charge in [0.2, 0.25) is 5.91 Å². The smallest absolute Gasteiger partial charge is 0.227 e. The molecule has 0 fully saturated rings. The number of fused-ring (bicyclic) bond motifs is 1. The summed E-state index contributed by atoms with van der Waals surface area (Å²) in [6, 6.07) is 0. The average Bonchev–Trinajstić information content (AvgIpc) is 2.90. The highest BCUT2D eigenvalue weighted by Gasteiger charge is 2.33. The van der Waals surface area contributed by atoms with Gasteiger partial charge in [-0.15, -0.1) is 11.3 Å². The van der Waals surface area contributed by atoms with Crippen molar-refractivity contribution in [3.63, 3.8) is 0 Å². The number of carbonyl (C=O) groups is 1. The first-order valence-electron chi connectivity index (χ1n) is 7.61. The van der Waals surface area contributed by atoms with E-state index in [1.807, 2.05) is 13.8 Å². The summed E-state index contributed by atoms with van der Waals surface area (Å²) < 4.78 is 0. The second kappa shape index (κ2) is 6.68. The highest BCUT2D eigenvalue weighted by atomic mass is 32.1. The van der Waals surface area contributed by atoms with Gasteiger partial charge in [-0.1, -0.05) is 13.8 Å². The quantitative estimate of drug-likeness (QED) is 0.847. The fourth-order valence-electron chi connectivity index (χ4n) is 2.78. The van der Waals surface area contributed by atoms with E-state index in [4.69, 9.17) is 5.73 Å². The zero-order valence-electron chi connectivity index (χ0n) is 12.5. The first-order chi connectivity index (χ1) is 9.65. The van der Waals surface area contributed by atoms with Crippen LogP contribution in [0.1, 0.15) is 55.1 Å². The lowest BCUT2D eigenvalue weighted by molar-refractivity contribution is -0.131. The third kappa shape index (κ3) is 3.04. The average molecular weight is 295 g/mol. The fourth-order valence-corrected chi connectivity index (χ4v) is 3.87. The molecule has 1 aromatic heterocycles. The van der Waals surface area contributed by atoms with Crippen LogP contribution in [0.25, 0.3) is 0 Å². The summed E-state index contributed by atoms with van der Waals surface area (Å²) >= 11 is 1.75. The maximum absolute atomic E-state index is 12.4. The maximum Gasteiger partial charge on any atom is 0.227 e. The third-order valence-electron chi connectivity index (χ3n) is 4.52. The monoisotopic (exact) mass is 295 g/mol. The van der Waals surface area contributed by atoms with Crippen molar-refractivity contribution >= 4 is 17.2 Å². The number of nitrogens with two attached hydrogens (primary N) is 1. The standard InChI is InChI=1S/C15H25N3OS/c1-3-15(4-2,10-16)14(19)17-9-13-18-11-7-5-6-8-12(11)20-13/h3-10,16H2,1-2H3,(H,17,19). The van der Waals surface area contributed by atoms with Crippen LogP contribution in [0.5, 0.6) is 0 Å².